The van der Waals surface area contributed by atoms with E-state index in [1.165, 1.54) is 18.4 Å². The molecule has 0 spiro atoms. The van der Waals surface area contributed by atoms with Gasteiger partial charge in [0.15, 0.2) is 0 Å². The van der Waals surface area contributed by atoms with Crippen molar-refractivity contribution in [2.45, 2.75) is 32.3 Å². The summed E-state index contributed by atoms with van der Waals surface area (Å²) >= 11 is 12.3. The second kappa shape index (κ2) is 7.12. The van der Waals surface area contributed by atoms with Gasteiger partial charge in [0, 0.05) is 15.6 Å². The monoisotopic (exact) mass is 308 g/mol. The standard InChI is InChI=1S/C17H18Cl2O/c1-2-3-5-12-8-10-13(11-9-12)17(20)16-14(18)6-4-7-15(16)19/h4,6-11,17,20H,2-3,5H2,1H3. The van der Waals surface area contributed by atoms with Crippen LogP contribution in [0.1, 0.15) is 42.6 Å². The van der Waals surface area contributed by atoms with E-state index < -0.39 is 6.10 Å². The molecule has 0 bridgehead atoms. The zero-order valence-electron chi connectivity index (χ0n) is 11.4. The molecular formula is C17H18Cl2O. The molecule has 0 heterocycles. The van der Waals surface area contributed by atoms with Gasteiger partial charge in [0.25, 0.3) is 0 Å². The number of hydrogen-bond acceptors (Lipinski definition) is 1. The minimum Gasteiger partial charge on any atom is -0.384 e. The third-order valence-electron chi connectivity index (χ3n) is 3.39. The highest BCUT2D eigenvalue weighted by Crippen LogP contribution is 2.34. The van der Waals surface area contributed by atoms with E-state index in [2.05, 4.69) is 19.1 Å². The third-order valence-corrected chi connectivity index (χ3v) is 4.05. The second-order valence-corrected chi connectivity index (χ2v) is 5.70. The first-order valence-corrected chi connectivity index (χ1v) is 7.60. The highest BCUT2D eigenvalue weighted by Gasteiger charge is 2.17. The molecule has 1 N–H and O–H groups in total. The summed E-state index contributed by atoms with van der Waals surface area (Å²) in [5.41, 5.74) is 2.66. The fourth-order valence-electron chi connectivity index (χ4n) is 2.19. The van der Waals surface area contributed by atoms with Crippen molar-refractivity contribution >= 4 is 23.2 Å². The molecule has 1 nitrogen and oxygen atoms in total. The summed E-state index contributed by atoms with van der Waals surface area (Å²) in [6.07, 6.45) is 2.63. The van der Waals surface area contributed by atoms with Crippen molar-refractivity contribution in [3.63, 3.8) is 0 Å². The van der Waals surface area contributed by atoms with E-state index in [1.807, 2.05) is 12.1 Å². The van der Waals surface area contributed by atoms with Gasteiger partial charge in [-0.1, -0.05) is 66.9 Å². The molecule has 2 rings (SSSR count). The number of aliphatic hydroxyl groups excluding tert-OH is 1. The summed E-state index contributed by atoms with van der Waals surface area (Å²) in [7, 11) is 0. The molecular weight excluding hydrogens is 291 g/mol. The average Bonchev–Trinajstić information content (AvgIpc) is 2.45. The van der Waals surface area contributed by atoms with Crippen LogP contribution in [0.15, 0.2) is 42.5 Å². The van der Waals surface area contributed by atoms with Crippen molar-refractivity contribution in [3.05, 3.63) is 69.2 Å². The van der Waals surface area contributed by atoms with Gasteiger partial charge in [-0.05, 0) is 36.1 Å². The number of aryl methyl sites for hydroxylation is 1. The van der Waals surface area contributed by atoms with Gasteiger partial charge in [0.2, 0.25) is 0 Å². The Balaban J connectivity index is 2.23. The van der Waals surface area contributed by atoms with E-state index in [0.29, 0.717) is 15.6 Å². The van der Waals surface area contributed by atoms with E-state index in [0.717, 1.165) is 12.0 Å². The van der Waals surface area contributed by atoms with Crippen molar-refractivity contribution in [3.8, 4) is 0 Å². The lowest BCUT2D eigenvalue weighted by Crippen LogP contribution is -2.01. The van der Waals surface area contributed by atoms with Crippen LogP contribution >= 0.6 is 23.2 Å². The Labute approximate surface area is 130 Å². The van der Waals surface area contributed by atoms with Gasteiger partial charge in [-0.25, -0.2) is 0 Å². The SMILES string of the molecule is CCCCc1ccc(C(O)c2c(Cl)cccc2Cl)cc1. The van der Waals surface area contributed by atoms with Gasteiger partial charge in [-0.2, -0.15) is 0 Å². The van der Waals surface area contributed by atoms with Gasteiger partial charge in [-0.3, -0.25) is 0 Å². The van der Waals surface area contributed by atoms with Gasteiger partial charge in [0.1, 0.15) is 6.10 Å². The van der Waals surface area contributed by atoms with Crippen molar-refractivity contribution in [2.24, 2.45) is 0 Å². The van der Waals surface area contributed by atoms with E-state index >= 15 is 0 Å². The second-order valence-electron chi connectivity index (χ2n) is 4.88. The van der Waals surface area contributed by atoms with Crippen LogP contribution in [-0.2, 0) is 6.42 Å². The molecule has 0 saturated carbocycles. The summed E-state index contributed by atoms with van der Waals surface area (Å²) in [5, 5.41) is 11.4. The van der Waals surface area contributed by atoms with Crippen LogP contribution < -0.4 is 0 Å². The maximum Gasteiger partial charge on any atom is 0.107 e. The summed E-state index contributed by atoms with van der Waals surface area (Å²) in [6, 6.07) is 13.2. The Morgan fingerprint density at radius 1 is 1.00 bits per heavy atom. The molecule has 0 amide bonds. The number of benzene rings is 2. The largest absolute Gasteiger partial charge is 0.384 e. The molecule has 0 aliphatic heterocycles. The Morgan fingerprint density at radius 3 is 2.15 bits per heavy atom. The molecule has 0 aliphatic rings. The highest BCUT2D eigenvalue weighted by atomic mass is 35.5. The minimum atomic E-state index is -0.795. The molecule has 0 radical (unpaired) electrons. The fourth-order valence-corrected chi connectivity index (χ4v) is 2.79. The Kier molecular flexibility index (Phi) is 5.47. The number of rotatable bonds is 5. The van der Waals surface area contributed by atoms with Crippen LogP contribution in [-0.4, -0.2) is 5.11 Å². The van der Waals surface area contributed by atoms with Crippen molar-refractivity contribution < 1.29 is 5.11 Å². The molecule has 3 heteroatoms. The van der Waals surface area contributed by atoms with Gasteiger partial charge in [0.05, 0.1) is 0 Å². The predicted molar refractivity (Wildman–Crippen MR) is 85.6 cm³/mol. The highest BCUT2D eigenvalue weighted by molar-refractivity contribution is 6.36. The van der Waals surface area contributed by atoms with E-state index in [1.54, 1.807) is 18.2 Å². The third kappa shape index (κ3) is 3.54. The number of aliphatic hydroxyl groups is 1. The van der Waals surface area contributed by atoms with Crippen LogP contribution in [0.3, 0.4) is 0 Å². The topological polar surface area (TPSA) is 20.2 Å². The maximum absolute atomic E-state index is 10.5. The first kappa shape index (κ1) is 15.4. The number of hydrogen-bond donors (Lipinski definition) is 1. The Hall–Kier alpha value is -1.02. The molecule has 2 aromatic carbocycles. The first-order valence-electron chi connectivity index (χ1n) is 6.84. The molecule has 0 saturated heterocycles. The Morgan fingerprint density at radius 2 is 1.60 bits per heavy atom. The molecule has 2 aromatic rings. The molecule has 1 unspecified atom stereocenters. The number of halogens is 2. The van der Waals surface area contributed by atoms with Gasteiger partial charge >= 0.3 is 0 Å². The molecule has 106 valence electrons. The lowest BCUT2D eigenvalue weighted by atomic mass is 9.99. The van der Waals surface area contributed by atoms with E-state index in [-0.39, 0.29) is 0 Å². The lowest BCUT2D eigenvalue weighted by molar-refractivity contribution is 0.220. The van der Waals surface area contributed by atoms with Crippen LogP contribution in [0.5, 0.6) is 0 Å². The van der Waals surface area contributed by atoms with Gasteiger partial charge in [-0.15, -0.1) is 0 Å². The maximum atomic E-state index is 10.5. The molecule has 0 aliphatic carbocycles. The zero-order chi connectivity index (χ0) is 14.5. The molecule has 1 atom stereocenters. The zero-order valence-corrected chi connectivity index (χ0v) is 13.0. The van der Waals surface area contributed by atoms with Gasteiger partial charge < -0.3 is 5.11 Å². The van der Waals surface area contributed by atoms with E-state index in [9.17, 15) is 5.11 Å². The van der Waals surface area contributed by atoms with Crippen LogP contribution in [0.2, 0.25) is 10.0 Å². The van der Waals surface area contributed by atoms with Crippen molar-refractivity contribution in [2.75, 3.05) is 0 Å². The molecule has 0 aromatic heterocycles. The summed E-state index contributed by atoms with van der Waals surface area (Å²) in [4.78, 5) is 0. The molecule has 20 heavy (non-hydrogen) atoms. The first-order chi connectivity index (χ1) is 9.63. The smallest absolute Gasteiger partial charge is 0.107 e. The van der Waals surface area contributed by atoms with Crippen LogP contribution in [0.25, 0.3) is 0 Å². The summed E-state index contributed by atoms with van der Waals surface area (Å²) < 4.78 is 0. The minimum absolute atomic E-state index is 0.486. The summed E-state index contributed by atoms with van der Waals surface area (Å²) in [6.45, 7) is 2.18. The van der Waals surface area contributed by atoms with Crippen molar-refractivity contribution in [1.29, 1.82) is 0 Å². The Bertz CT molecular complexity index is 543. The van der Waals surface area contributed by atoms with Crippen molar-refractivity contribution in [1.82, 2.24) is 0 Å². The quantitative estimate of drug-likeness (QED) is 0.782. The molecule has 0 fully saturated rings. The van der Waals surface area contributed by atoms with E-state index in [4.69, 9.17) is 23.2 Å². The predicted octanol–water partition coefficient (Wildman–Crippen LogP) is 5.42. The van der Waals surface area contributed by atoms with Crippen LogP contribution in [0, 0.1) is 0 Å². The average molecular weight is 309 g/mol. The normalized spacial score (nSPS) is 12.4. The van der Waals surface area contributed by atoms with Crippen LogP contribution in [0.4, 0.5) is 0 Å². The summed E-state index contributed by atoms with van der Waals surface area (Å²) in [5.74, 6) is 0. The fraction of sp³-hybridized carbons (Fsp3) is 0.294. The number of unbranched alkanes of at least 4 members (excludes halogenated alkanes) is 1. The lowest BCUT2D eigenvalue weighted by Gasteiger charge is -2.15.